The van der Waals surface area contributed by atoms with Crippen LogP contribution in [0.15, 0.2) is 24.3 Å². The summed E-state index contributed by atoms with van der Waals surface area (Å²) in [6, 6.07) is 8.34. The minimum atomic E-state index is 0.301. The largest absolute Gasteiger partial charge is 0.496 e. The predicted octanol–water partition coefficient (Wildman–Crippen LogP) is 3.39. The Balaban J connectivity index is 2.15. The van der Waals surface area contributed by atoms with Gasteiger partial charge in [0.05, 0.1) is 7.11 Å². The minimum Gasteiger partial charge on any atom is -0.496 e. The first-order valence-corrected chi connectivity index (χ1v) is 7.05. The molecular formula is C16H25NO. The van der Waals surface area contributed by atoms with Crippen molar-refractivity contribution in [1.82, 2.24) is 0 Å². The standard InChI is InChI=1S/C16H25NO/c1-3-13-8-9-16(10-13,12-17)11-14-6-4-5-7-15(14)18-2/h4-7,13H,3,8-12,17H2,1-2H3. The van der Waals surface area contributed by atoms with Crippen LogP contribution in [0.3, 0.4) is 0 Å². The summed E-state index contributed by atoms with van der Waals surface area (Å²) in [6.07, 6.45) is 6.22. The molecule has 0 saturated heterocycles. The van der Waals surface area contributed by atoms with Crippen LogP contribution in [0.25, 0.3) is 0 Å². The maximum atomic E-state index is 6.08. The summed E-state index contributed by atoms with van der Waals surface area (Å²) < 4.78 is 5.46. The molecule has 0 radical (unpaired) electrons. The predicted molar refractivity (Wildman–Crippen MR) is 75.8 cm³/mol. The van der Waals surface area contributed by atoms with Crippen LogP contribution in [0.5, 0.6) is 5.75 Å². The van der Waals surface area contributed by atoms with Crippen molar-refractivity contribution >= 4 is 0 Å². The van der Waals surface area contributed by atoms with E-state index in [4.69, 9.17) is 10.5 Å². The van der Waals surface area contributed by atoms with Gasteiger partial charge in [-0.1, -0.05) is 31.5 Å². The average Bonchev–Trinajstić information content (AvgIpc) is 2.83. The Morgan fingerprint density at radius 1 is 1.39 bits per heavy atom. The van der Waals surface area contributed by atoms with Gasteiger partial charge in [-0.05, 0) is 55.2 Å². The molecule has 2 atom stereocenters. The Bertz CT molecular complexity index is 390. The third-order valence-corrected chi connectivity index (χ3v) is 4.57. The molecule has 1 saturated carbocycles. The lowest BCUT2D eigenvalue weighted by atomic mass is 9.79. The molecule has 2 unspecified atom stereocenters. The molecule has 1 aliphatic rings. The number of benzene rings is 1. The van der Waals surface area contributed by atoms with E-state index in [0.717, 1.165) is 24.6 Å². The molecule has 1 fully saturated rings. The highest BCUT2D eigenvalue weighted by molar-refractivity contribution is 5.34. The van der Waals surface area contributed by atoms with Gasteiger partial charge in [-0.3, -0.25) is 0 Å². The van der Waals surface area contributed by atoms with Crippen LogP contribution in [0.4, 0.5) is 0 Å². The first-order chi connectivity index (χ1) is 8.73. The molecule has 0 bridgehead atoms. The van der Waals surface area contributed by atoms with E-state index in [1.165, 1.54) is 31.2 Å². The second-order valence-corrected chi connectivity index (χ2v) is 5.71. The molecule has 2 rings (SSSR count). The molecule has 0 spiro atoms. The lowest BCUT2D eigenvalue weighted by molar-refractivity contribution is 0.285. The molecule has 18 heavy (non-hydrogen) atoms. The van der Waals surface area contributed by atoms with Crippen LogP contribution in [-0.4, -0.2) is 13.7 Å². The van der Waals surface area contributed by atoms with Crippen molar-refractivity contribution < 1.29 is 4.74 Å². The summed E-state index contributed by atoms with van der Waals surface area (Å²) in [5, 5.41) is 0. The Morgan fingerprint density at radius 3 is 2.78 bits per heavy atom. The quantitative estimate of drug-likeness (QED) is 0.865. The molecular weight excluding hydrogens is 222 g/mol. The van der Waals surface area contributed by atoms with E-state index < -0.39 is 0 Å². The lowest BCUT2D eigenvalue weighted by Crippen LogP contribution is -2.30. The molecule has 0 amide bonds. The summed E-state index contributed by atoms with van der Waals surface area (Å²) in [5.74, 6) is 1.87. The fraction of sp³-hybridized carbons (Fsp3) is 0.625. The number of hydrogen-bond donors (Lipinski definition) is 1. The highest BCUT2D eigenvalue weighted by Crippen LogP contribution is 2.45. The van der Waals surface area contributed by atoms with Crippen LogP contribution in [0, 0.1) is 11.3 Å². The molecule has 2 N–H and O–H groups in total. The molecule has 2 heteroatoms. The zero-order valence-corrected chi connectivity index (χ0v) is 11.6. The molecule has 100 valence electrons. The van der Waals surface area contributed by atoms with E-state index in [2.05, 4.69) is 19.1 Å². The van der Waals surface area contributed by atoms with E-state index in [1.807, 2.05) is 12.1 Å². The Hall–Kier alpha value is -1.02. The van der Waals surface area contributed by atoms with Crippen molar-refractivity contribution in [2.45, 2.75) is 39.0 Å². The van der Waals surface area contributed by atoms with Crippen molar-refractivity contribution in [3.8, 4) is 5.75 Å². The third-order valence-electron chi connectivity index (χ3n) is 4.57. The summed E-state index contributed by atoms with van der Waals surface area (Å²) in [7, 11) is 1.75. The summed E-state index contributed by atoms with van der Waals surface area (Å²) in [6.45, 7) is 3.09. The van der Waals surface area contributed by atoms with Crippen LogP contribution < -0.4 is 10.5 Å². The fourth-order valence-electron chi connectivity index (χ4n) is 3.35. The second-order valence-electron chi connectivity index (χ2n) is 5.71. The van der Waals surface area contributed by atoms with Gasteiger partial charge in [0.25, 0.3) is 0 Å². The van der Waals surface area contributed by atoms with E-state index in [-0.39, 0.29) is 0 Å². The number of ether oxygens (including phenoxy) is 1. The normalized spacial score (nSPS) is 27.4. The first kappa shape index (κ1) is 13.4. The van der Waals surface area contributed by atoms with Gasteiger partial charge in [0.2, 0.25) is 0 Å². The molecule has 1 aromatic rings. The molecule has 0 heterocycles. The van der Waals surface area contributed by atoms with E-state index in [0.29, 0.717) is 5.41 Å². The molecule has 2 nitrogen and oxygen atoms in total. The SMILES string of the molecule is CCC1CCC(CN)(Cc2ccccc2OC)C1. The van der Waals surface area contributed by atoms with Crippen molar-refractivity contribution in [2.24, 2.45) is 17.1 Å². The topological polar surface area (TPSA) is 35.2 Å². The Labute approximate surface area is 111 Å². The average molecular weight is 247 g/mol. The van der Waals surface area contributed by atoms with Gasteiger partial charge in [0.15, 0.2) is 0 Å². The van der Waals surface area contributed by atoms with Gasteiger partial charge < -0.3 is 10.5 Å². The summed E-state index contributed by atoms with van der Waals surface area (Å²) in [4.78, 5) is 0. The maximum absolute atomic E-state index is 6.08. The third kappa shape index (κ3) is 2.69. The zero-order chi connectivity index (χ0) is 13.0. The van der Waals surface area contributed by atoms with Gasteiger partial charge in [-0.25, -0.2) is 0 Å². The fourth-order valence-corrected chi connectivity index (χ4v) is 3.35. The van der Waals surface area contributed by atoms with Crippen LogP contribution >= 0.6 is 0 Å². The Morgan fingerprint density at radius 2 is 2.17 bits per heavy atom. The van der Waals surface area contributed by atoms with Gasteiger partial charge >= 0.3 is 0 Å². The van der Waals surface area contributed by atoms with Crippen molar-refractivity contribution in [3.05, 3.63) is 29.8 Å². The number of nitrogens with two attached hydrogens (primary N) is 1. The van der Waals surface area contributed by atoms with Crippen molar-refractivity contribution in [1.29, 1.82) is 0 Å². The van der Waals surface area contributed by atoms with Gasteiger partial charge in [-0.15, -0.1) is 0 Å². The molecule has 1 aromatic carbocycles. The van der Waals surface area contributed by atoms with Crippen LogP contribution in [0.1, 0.15) is 38.2 Å². The van der Waals surface area contributed by atoms with Gasteiger partial charge in [-0.2, -0.15) is 0 Å². The minimum absolute atomic E-state index is 0.301. The first-order valence-electron chi connectivity index (χ1n) is 7.05. The zero-order valence-electron chi connectivity index (χ0n) is 11.6. The Kier molecular flexibility index (Phi) is 4.28. The number of rotatable bonds is 5. The van der Waals surface area contributed by atoms with Crippen molar-refractivity contribution in [2.75, 3.05) is 13.7 Å². The van der Waals surface area contributed by atoms with Crippen molar-refractivity contribution in [3.63, 3.8) is 0 Å². The van der Waals surface area contributed by atoms with E-state index in [1.54, 1.807) is 7.11 Å². The van der Waals surface area contributed by atoms with E-state index >= 15 is 0 Å². The molecule has 1 aliphatic carbocycles. The summed E-state index contributed by atoms with van der Waals surface area (Å²) in [5.41, 5.74) is 7.69. The monoisotopic (exact) mass is 247 g/mol. The van der Waals surface area contributed by atoms with E-state index in [9.17, 15) is 0 Å². The molecule has 0 aromatic heterocycles. The lowest BCUT2D eigenvalue weighted by Gasteiger charge is -2.28. The highest BCUT2D eigenvalue weighted by Gasteiger charge is 2.37. The maximum Gasteiger partial charge on any atom is 0.122 e. The molecule has 0 aliphatic heterocycles. The highest BCUT2D eigenvalue weighted by atomic mass is 16.5. The van der Waals surface area contributed by atoms with Gasteiger partial charge in [0.1, 0.15) is 5.75 Å². The van der Waals surface area contributed by atoms with Crippen LogP contribution in [0.2, 0.25) is 0 Å². The smallest absolute Gasteiger partial charge is 0.122 e. The summed E-state index contributed by atoms with van der Waals surface area (Å²) >= 11 is 0. The second kappa shape index (κ2) is 5.75. The van der Waals surface area contributed by atoms with Gasteiger partial charge in [0, 0.05) is 0 Å². The number of hydrogen-bond acceptors (Lipinski definition) is 2. The number of methoxy groups -OCH3 is 1. The van der Waals surface area contributed by atoms with Crippen LogP contribution in [-0.2, 0) is 6.42 Å². The number of para-hydroxylation sites is 1.